The number of unbranched alkanes of at least 4 members (excludes halogenated alkanes) is 4. The molecule has 3 rings (SSSR count). The molecule has 1 heterocycles. The number of aromatic nitrogens is 2. The predicted octanol–water partition coefficient (Wildman–Crippen LogP) is 5.04. The van der Waals surface area contributed by atoms with Gasteiger partial charge in [0.2, 0.25) is 0 Å². The number of nitrogens with one attached hydrogen (secondary N) is 2. The Bertz CT molecular complexity index is 1140. The molecule has 0 unspecified atom stereocenters. The molecule has 9 nitrogen and oxygen atoms in total. The number of carbonyl (C=O) groups excluding carboxylic acids is 2. The molecule has 0 spiro atoms. The molecule has 0 amide bonds. The van der Waals surface area contributed by atoms with Gasteiger partial charge in [0.1, 0.15) is 24.2 Å². The Balaban J connectivity index is 0.000000678. The zero-order valence-corrected chi connectivity index (χ0v) is 21.1. The van der Waals surface area contributed by atoms with Gasteiger partial charge >= 0.3 is 5.97 Å². The summed E-state index contributed by atoms with van der Waals surface area (Å²) in [7, 11) is 3.12. The lowest BCUT2D eigenvalue weighted by Crippen LogP contribution is -2.10. The van der Waals surface area contributed by atoms with Crippen molar-refractivity contribution in [2.45, 2.75) is 46.0 Å². The van der Waals surface area contributed by atoms with E-state index in [4.69, 9.17) is 9.47 Å². The molecule has 0 aliphatic carbocycles. The fraction of sp³-hybridized carbons (Fsp3) is 0.385. The molecule has 2 N–H and O–H groups in total. The molecule has 0 saturated heterocycles. The van der Waals surface area contributed by atoms with Crippen LogP contribution in [-0.4, -0.2) is 43.0 Å². The van der Waals surface area contributed by atoms with Crippen molar-refractivity contribution < 1.29 is 28.3 Å². The highest BCUT2D eigenvalue weighted by Crippen LogP contribution is 2.35. The van der Waals surface area contributed by atoms with Crippen LogP contribution >= 0.6 is 0 Å². The molecule has 0 aliphatic heterocycles. The number of methoxy groups -OCH3 is 1. The molecule has 1 aromatic heterocycles. The van der Waals surface area contributed by atoms with Crippen molar-refractivity contribution in [3.8, 4) is 11.5 Å². The largest absolute Gasteiger partial charge is 0.493 e. The zero-order chi connectivity index (χ0) is 26.3. The molecule has 0 atom stereocenters. The predicted molar refractivity (Wildman–Crippen MR) is 136 cm³/mol. The number of carbonyl (C=O) groups is 2. The van der Waals surface area contributed by atoms with Crippen molar-refractivity contribution in [1.29, 1.82) is 0 Å². The number of aldehydes is 1. The van der Waals surface area contributed by atoms with E-state index in [0.717, 1.165) is 43.0 Å². The Morgan fingerprint density at radius 3 is 2.50 bits per heavy atom. The van der Waals surface area contributed by atoms with Gasteiger partial charge in [0.15, 0.2) is 11.5 Å². The molecule has 0 fully saturated rings. The second-order valence-corrected chi connectivity index (χ2v) is 7.85. The molecule has 0 radical (unpaired) electrons. The molecule has 0 saturated carbocycles. The third-order valence-electron chi connectivity index (χ3n) is 5.06. The molecule has 2 aromatic carbocycles. The van der Waals surface area contributed by atoms with Crippen molar-refractivity contribution in [3.63, 3.8) is 0 Å². The number of benzene rings is 2. The van der Waals surface area contributed by atoms with Crippen LogP contribution in [0.2, 0.25) is 0 Å². The first-order valence-corrected chi connectivity index (χ1v) is 11.7. The summed E-state index contributed by atoms with van der Waals surface area (Å²) in [5.74, 6) is 1.25. The Labute approximate surface area is 210 Å². The zero-order valence-electron chi connectivity index (χ0n) is 21.1. The van der Waals surface area contributed by atoms with Crippen LogP contribution in [0, 0.1) is 12.7 Å². The second kappa shape index (κ2) is 15.3. The van der Waals surface area contributed by atoms with E-state index in [9.17, 15) is 14.0 Å². The molecule has 10 heteroatoms. The van der Waals surface area contributed by atoms with Crippen LogP contribution < -0.4 is 20.3 Å². The maximum absolute atomic E-state index is 13.6. The summed E-state index contributed by atoms with van der Waals surface area (Å²) in [4.78, 5) is 32.9. The summed E-state index contributed by atoms with van der Waals surface area (Å²) in [5, 5.41) is 4.01. The molecule has 194 valence electrons. The fourth-order valence-corrected chi connectivity index (χ4v) is 3.30. The standard InChI is InChI=1S/C23H26FN3O3.C3H7NO2/c1-16-12-17(8-9-19(16)24)27-23-18-13-22(30-11-7-5-3-4-6-10-28)21(29-2)14-20(18)25-15-26-23;1-3(5)6-4-2/h8-10,12-15H,3-7,11H2,1-2H3,(H,25,26,27);4H,1-2H3. The molecule has 0 bridgehead atoms. The van der Waals surface area contributed by atoms with Crippen molar-refractivity contribution in [3.05, 3.63) is 48.0 Å². The van der Waals surface area contributed by atoms with E-state index < -0.39 is 0 Å². The third kappa shape index (κ3) is 9.10. The van der Waals surface area contributed by atoms with Gasteiger partial charge in [0.05, 0.1) is 19.2 Å². The van der Waals surface area contributed by atoms with Crippen molar-refractivity contribution in [2.75, 3.05) is 26.1 Å². The van der Waals surface area contributed by atoms with Crippen LogP contribution in [0.25, 0.3) is 10.9 Å². The first-order chi connectivity index (χ1) is 17.4. The van der Waals surface area contributed by atoms with Crippen molar-refractivity contribution in [1.82, 2.24) is 15.4 Å². The molecule has 3 aromatic rings. The summed E-state index contributed by atoms with van der Waals surface area (Å²) < 4.78 is 25.0. The first kappa shape index (κ1) is 28.4. The summed E-state index contributed by atoms with van der Waals surface area (Å²) in [6, 6.07) is 8.50. The normalized spacial score (nSPS) is 10.2. The lowest BCUT2D eigenvalue weighted by atomic mass is 10.1. The van der Waals surface area contributed by atoms with Gasteiger partial charge in [-0.2, -0.15) is 5.48 Å². The highest BCUT2D eigenvalue weighted by atomic mass is 19.1. The van der Waals surface area contributed by atoms with E-state index in [2.05, 4.69) is 25.6 Å². The summed E-state index contributed by atoms with van der Waals surface area (Å²) in [6.07, 6.45) is 6.86. The van der Waals surface area contributed by atoms with Gasteiger partial charge in [-0.1, -0.05) is 12.8 Å². The van der Waals surface area contributed by atoms with E-state index in [1.165, 1.54) is 26.4 Å². The average molecular weight is 501 g/mol. The Kier molecular flexibility index (Phi) is 12.1. The van der Waals surface area contributed by atoms with Gasteiger partial charge in [-0.15, -0.1) is 0 Å². The number of hydroxylamine groups is 1. The number of ether oxygens (including phenoxy) is 2. The van der Waals surface area contributed by atoms with Gasteiger partial charge < -0.3 is 24.4 Å². The van der Waals surface area contributed by atoms with Gasteiger partial charge in [-0.25, -0.2) is 14.4 Å². The summed E-state index contributed by atoms with van der Waals surface area (Å²) >= 11 is 0. The van der Waals surface area contributed by atoms with Crippen LogP contribution in [0.1, 0.15) is 44.6 Å². The Morgan fingerprint density at radius 2 is 1.86 bits per heavy atom. The quantitative estimate of drug-likeness (QED) is 0.201. The van der Waals surface area contributed by atoms with Gasteiger partial charge in [0, 0.05) is 37.5 Å². The van der Waals surface area contributed by atoms with Crippen LogP contribution in [-0.2, 0) is 14.4 Å². The number of halogens is 1. The Morgan fingerprint density at radius 1 is 1.08 bits per heavy atom. The topological polar surface area (TPSA) is 112 Å². The van der Waals surface area contributed by atoms with E-state index in [1.807, 2.05) is 12.1 Å². The number of anilines is 2. The molecule has 0 aliphatic rings. The van der Waals surface area contributed by atoms with Crippen LogP contribution in [0.5, 0.6) is 11.5 Å². The second-order valence-electron chi connectivity index (χ2n) is 7.85. The summed E-state index contributed by atoms with van der Waals surface area (Å²) in [6.45, 7) is 3.60. The minimum Gasteiger partial charge on any atom is -0.493 e. The van der Waals surface area contributed by atoms with Crippen LogP contribution in [0.15, 0.2) is 36.7 Å². The minimum absolute atomic E-state index is 0.250. The number of hydrogen-bond acceptors (Lipinski definition) is 9. The molecule has 36 heavy (non-hydrogen) atoms. The average Bonchev–Trinajstić information content (AvgIpc) is 2.86. The summed E-state index contributed by atoms with van der Waals surface area (Å²) in [5.41, 5.74) is 4.22. The first-order valence-electron chi connectivity index (χ1n) is 11.7. The van der Waals surface area contributed by atoms with Gasteiger partial charge in [0.25, 0.3) is 0 Å². The number of fused-ring (bicyclic) bond motifs is 1. The highest BCUT2D eigenvalue weighted by molar-refractivity contribution is 5.93. The van der Waals surface area contributed by atoms with E-state index in [-0.39, 0.29) is 11.8 Å². The maximum atomic E-state index is 13.6. The Hall–Kier alpha value is -3.79. The molecular formula is C26H33FN4O5. The van der Waals surface area contributed by atoms with Gasteiger partial charge in [-0.3, -0.25) is 4.79 Å². The van der Waals surface area contributed by atoms with E-state index >= 15 is 0 Å². The fourth-order valence-electron chi connectivity index (χ4n) is 3.30. The van der Waals surface area contributed by atoms with E-state index in [0.29, 0.717) is 41.4 Å². The van der Waals surface area contributed by atoms with Crippen LogP contribution in [0.3, 0.4) is 0 Å². The molecular weight excluding hydrogens is 467 g/mol. The maximum Gasteiger partial charge on any atom is 0.321 e. The van der Waals surface area contributed by atoms with Gasteiger partial charge in [-0.05, 0) is 49.6 Å². The monoisotopic (exact) mass is 500 g/mol. The highest BCUT2D eigenvalue weighted by Gasteiger charge is 2.12. The van der Waals surface area contributed by atoms with E-state index in [1.54, 1.807) is 26.2 Å². The number of hydrogen-bond donors (Lipinski definition) is 2. The SMILES string of the molecule is CNOC(C)=O.COc1cc2ncnc(Nc3ccc(F)c(C)c3)c2cc1OCCCCCCC=O. The van der Waals surface area contributed by atoms with Crippen molar-refractivity contribution >= 4 is 34.7 Å². The number of rotatable bonds is 12. The van der Waals surface area contributed by atoms with Crippen LogP contribution in [0.4, 0.5) is 15.9 Å². The number of nitrogens with zero attached hydrogens (tertiary/aromatic N) is 2. The third-order valence-corrected chi connectivity index (χ3v) is 5.06. The number of aryl methyl sites for hydroxylation is 1. The lowest BCUT2D eigenvalue weighted by Gasteiger charge is -2.14. The smallest absolute Gasteiger partial charge is 0.321 e. The lowest BCUT2D eigenvalue weighted by molar-refractivity contribution is -0.147. The van der Waals surface area contributed by atoms with Crippen molar-refractivity contribution in [2.24, 2.45) is 0 Å². The minimum atomic E-state index is -0.322.